The molecule has 1 aromatic carbocycles. The molecule has 2 N–H and O–H groups in total. The third kappa shape index (κ3) is 6.15. The first-order chi connectivity index (χ1) is 12.1. The fraction of sp³-hybridized carbons (Fsp3) is 0.500. The number of amides is 2. The lowest BCUT2D eigenvalue weighted by atomic mass is 10.0. The van der Waals surface area contributed by atoms with Crippen LogP contribution in [-0.2, 0) is 0 Å². The van der Waals surface area contributed by atoms with E-state index in [1.807, 2.05) is 0 Å². The smallest absolute Gasteiger partial charge is 0.254 e. The number of nitrogens with one attached hydrogen (secondary N) is 2. The van der Waals surface area contributed by atoms with Gasteiger partial charge >= 0.3 is 0 Å². The van der Waals surface area contributed by atoms with Crippen LogP contribution in [0, 0.1) is 12.3 Å². The van der Waals surface area contributed by atoms with Crippen molar-refractivity contribution < 1.29 is 14.3 Å². The molecule has 25 heavy (non-hydrogen) atoms. The van der Waals surface area contributed by atoms with E-state index in [0.717, 1.165) is 19.3 Å². The fourth-order valence-electron chi connectivity index (χ4n) is 2.53. The third-order valence-electron chi connectivity index (χ3n) is 3.94. The maximum absolute atomic E-state index is 12.2. The molecule has 136 valence electrons. The zero-order valence-corrected chi connectivity index (χ0v) is 15.4. The van der Waals surface area contributed by atoms with Crippen molar-refractivity contribution in [3.63, 3.8) is 0 Å². The van der Waals surface area contributed by atoms with Crippen molar-refractivity contribution in [2.24, 2.45) is 0 Å². The Hall–Kier alpha value is -2.48. The van der Waals surface area contributed by atoms with E-state index in [0.29, 0.717) is 12.2 Å². The molecule has 0 atom stereocenters. The first-order valence-electron chi connectivity index (χ1n) is 8.80. The Kier molecular flexibility index (Phi) is 9.16. The van der Waals surface area contributed by atoms with E-state index in [-0.39, 0.29) is 28.7 Å². The second kappa shape index (κ2) is 11.1. The number of unbranched alkanes of at least 4 members (excludes halogenated alkanes) is 5. The molecule has 0 aliphatic carbocycles. The van der Waals surface area contributed by atoms with Crippen LogP contribution in [0.25, 0.3) is 0 Å². The largest absolute Gasteiger partial charge is 0.492 e. The molecule has 0 bridgehead atoms. The van der Waals surface area contributed by atoms with Crippen LogP contribution in [0.4, 0.5) is 0 Å². The van der Waals surface area contributed by atoms with Crippen molar-refractivity contribution in [2.75, 3.05) is 20.7 Å². The van der Waals surface area contributed by atoms with Gasteiger partial charge < -0.3 is 15.4 Å². The lowest BCUT2D eigenvalue weighted by molar-refractivity contribution is 0.0955. The zero-order chi connectivity index (χ0) is 18.7. The summed E-state index contributed by atoms with van der Waals surface area (Å²) in [5.41, 5.74) is 1.02. The van der Waals surface area contributed by atoms with Gasteiger partial charge in [0.25, 0.3) is 11.8 Å². The summed E-state index contributed by atoms with van der Waals surface area (Å²) in [6.45, 7) is 2.64. The van der Waals surface area contributed by atoms with Crippen molar-refractivity contribution in [3.8, 4) is 18.1 Å². The van der Waals surface area contributed by atoms with Crippen LogP contribution in [0.1, 0.15) is 71.7 Å². The molecule has 0 spiro atoms. The molecule has 0 unspecified atom stereocenters. The van der Waals surface area contributed by atoms with Gasteiger partial charge in [-0.05, 0) is 18.6 Å². The number of carbonyl (C=O) groups excluding carboxylic acids is 2. The molecule has 0 saturated carbocycles. The molecule has 1 rings (SSSR count). The van der Waals surface area contributed by atoms with E-state index in [4.69, 9.17) is 11.2 Å². The van der Waals surface area contributed by atoms with Gasteiger partial charge in [-0.1, -0.05) is 44.9 Å². The van der Waals surface area contributed by atoms with Crippen molar-refractivity contribution >= 4 is 11.8 Å². The molecule has 5 nitrogen and oxygen atoms in total. The van der Waals surface area contributed by atoms with Crippen LogP contribution in [0.2, 0.25) is 0 Å². The van der Waals surface area contributed by atoms with Gasteiger partial charge in [0.1, 0.15) is 5.75 Å². The summed E-state index contributed by atoms with van der Waals surface area (Å²) < 4.78 is 5.83. The molecule has 2 amide bonds. The molecule has 0 radical (unpaired) electrons. The molecular formula is C20H28N2O3. The van der Waals surface area contributed by atoms with Gasteiger partial charge in [-0.3, -0.25) is 9.59 Å². The Bertz CT molecular complexity index is 595. The molecular weight excluding hydrogens is 316 g/mol. The van der Waals surface area contributed by atoms with E-state index in [9.17, 15) is 9.59 Å². The van der Waals surface area contributed by atoms with E-state index in [2.05, 4.69) is 23.5 Å². The molecule has 0 aromatic heterocycles. The highest BCUT2D eigenvalue weighted by Gasteiger charge is 2.21. The topological polar surface area (TPSA) is 67.4 Å². The Morgan fingerprint density at radius 2 is 1.52 bits per heavy atom. The maximum Gasteiger partial charge on any atom is 0.254 e. The molecule has 0 heterocycles. The van der Waals surface area contributed by atoms with Crippen molar-refractivity contribution in [1.82, 2.24) is 10.6 Å². The maximum atomic E-state index is 12.2. The molecule has 0 fully saturated rings. The van der Waals surface area contributed by atoms with Crippen LogP contribution in [0.3, 0.4) is 0 Å². The number of hydrogen-bond acceptors (Lipinski definition) is 3. The van der Waals surface area contributed by atoms with E-state index >= 15 is 0 Å². The second-order valence-electron chi connectivity index (χ2n) is 5.82. The number of benzene rings is 1. The van der Waals surface area contributed by atoms with Gasteiger partial charge in [0.05, 0.1) is 17.7 Å². The first-order valence-corrected chi connectivity index (χ1v) is 8.80. The summed E-state index contributed by atoms with van der Waals surface area (Å²) in [4.78, 5) is 24.4. The van der Waals surface area contributed by atoms with Gasteiger partial charge in [-0.15, -0.1) is 6.42 Å². The van der Waals surface area contributed by atoms with E-state index in [1.165, 1.54) is 33.4 Å². The average molecular weight is 344 g/mol. The van der Waals surface area contributed by atoms with Gasteiger partial charge in [-0.2, -0.15) is 0 Å². The molecule has 0 saturated heterocycles. The van der Waals surface area contributed by atoms with Crippen LogP contribution in [0.5, 0.6) is 5.75 Å². The zero-order valence-electron chi connectivity index (χ0n) is 15.4. The number of hydrogen-bond donors (Lipinski definition) is 2. The summed E-state index contributed by atoms with van der Waals surface area (Å²) in [6.07, 6.45) is 12.2. The Balaban J connectivity index is 2.95. The monoisotopic (exact) mass is 344 g/mol. The first kappa shape index (κ1) is 20.6. The van der Waals surface area contributed by atoms with Gasteiger partial charge in [0.15, 0.2) is 0 Å². The van der Waals surface area contributed by atoms with Crippen molar-refractivity contribution in [1.29, 1.82) is 0 Å². The van der Waals surface area contributed by atoms with Gasteiger partial charge in [0, 0.05) is 19.7 Å². The number of carbonyl (C=O) groups is 2. The minimum atomic E-state index is -0.333. The Labute approximate surface area is 150 Å². The lowest BCUT2D eigenvalue weighted by Gasteiger charge is -2.15. The predicted molar refractivity (Wildman–Crippen MR) is 100 cm³/mol. The third-order valence-corrected chi connectivity index (χ3v) is 3.94. The molecule has 0 aliphatic heterocycles. The van der Waals surface area contributed by atoms with E-state index < -0.39 is 0 Å². The second-order valence-corrected chi connectivity index (χ2v) is 5.82. The normalized spacial score (nSPS) is 10.0. The summed E-state index contributed by atoms with van der Waals surface area (Å²) in [5.74, 6) is 2.09. The number of ether oxygens (including phenoxy) is 1. The predicted octanol–water partition coefficient (Wildman–Crippen LogP) is 3.13. The molecule has 0 aliphatic rings. The quantitative estimate of drug-likeness (QED) is 0.506. The number of rotatable bonds is 10. The van der Waals surface area contributed by atoms with Crippen molar-refractivity contribution in [2.45, 2.75) is 45.4 Å². The molecule has 5 heteroatoms. The van der Waals surface area contributed by atoms with Crippen LogP contribution in [-0.4, -0.2) is 32.5 Å². The van der Waals surface area contributed by atoms with Gasteiger partial charge in [0.2, 0.25) is 0 Å². The Morgan fingerprint density at radius 1 is 1.00 bits per heavy atom. The van der Waals surface area contributed by atoms with Crippen LogP contribution >= 0.6 is 0 Å². The van der Waals surface area contributed by atoms with Gasteiger partial charge in [-0.25, -0.2) is 0 Å². The lowest BCUT2D eigenvalue weighted by Crippen LogP contribution is -2.24. The minimum absolute atomic E-state index is 0.280. The summed E-state index contributed by atoms with van der Waals surface area (Å²) in [7, 11) is 3.06. The fourth-order valence-corrected chi connectivity index (χ4v) is 2.53. The number of terminal acetylenes is 1. The SMILES string of the molecule is C#Cc1cc(C(=O)NC)c(OCCCCCCCC)c(C(=O)NC)c1. The van der Waals surface area contributed by atoms with Crippen LogP contribution in [0.15, 0.2) is 12.1 Å². The summed E-state index contributed by atoms with van der Waals surface area (Å²) in [6, 6.07) is 3.14. The van der Waals surface area contributed by atoms with Crippen LogP contribution < -0.4 is 15.4 Å². The highest BCUT2D eigenvalue weighted by Crippen LogP contribution is 2.27. The van der Waals surface area contributed by atoms with Crippen molar-refractivity contribution in [3.05, 3.63) is 28.8 Å². The Morgan fingerprint density at radius 3 is 2.00 bits per heavy atom. The summed E-state index contributed by atoms with van der Waals surface area (Å²) in [5, 5.41) is 5.13. The summed E-state index contributed by atoms with van der Waals surface area (Å²) >= 11 is 0. The molecule has 1 aromatic rings. The highest BCUT2D eigenvalue weighted by atomic mass is 16.5. The van der Waals surface area contributed by atoms with E-state index in [1.54, 1.807) is 12.1 Å². The highest BCUT2D eigenvalue weighted by molar-refractivity contribution is 6.04. The standard InChI is InChI=1S/C20H28N2O3/c1-5-7-8-9-10-11-12-25-18-16(19(23)21-3)13-15(6-2)14-17(18)20(24)22-4/h2,13-14H,5,7-12H2,1,3-4H3,(H,21,23)(H,22,24). The average Bonchev–Trinajstić information content (AvgIpc) is 2.65. The minimum Gasteiger partial charge on any atom is -0.492 e.